The molecule has 1 atom stereocenters. The first-order valence-electron chi connectivity index (χ1n) is 10.6. The van der Waals surface area contributed by atoms with Gasteiger partial charge in [-0.3, -0.25) is 4.79 Å². The van der Waals surface area contributed by atoms with E-state index in [2.05, 4.69) is 25.9 Å². The van der Waals surface area contributed by atoms with Crippen LogP contribution in [0, 0.1) is 12.7 Å². The summed E-state index contributed by atoms with van der Waals surface area (Å²) in [6, 6.07) is 14.2. The van der Waals surface area contributed by atoms with Gasteiger partial charge in [0.05, 0.1) is 12.2 Å². The second kappa shape index (κ2) is 10.1. The number of aryl methyl sites for hydroxylation is 1. The van der Waals surface area contributed by atoms with Crippen molar-refractivity contribution in [2.75, 3.05) is 6.61 Å². The zero-order valence-corrected chi connectivity index (χ0v) is 18.5. The molecule has 0 fully saturated rings. The van der Waals surface area contributed by atoms with Crippen molar-refractivity contribution in [1.29, 1.82) is 0 Å². The number of halogens is 1. The van der Waals surface area contributed by atoms with Crippen LogP contribution in [0.2, 0.25) is 0 Å². The summed E-state index contributed by atoms with van der Waals surface area (Å²) in [5.74, 6) is -1.10. The first kappa shape index (κ1) is 22.8. The molecule has 10 heteroatoms. The van der Waals surface area contributed by atoms with Gasteiger partial charge in [-0.15, -0.1) is 10.2 Å². The minimum absolute atomic E-state index is 0.0133. The molecule has 4 rings (SSSR count). The van der Waals surface area contributed by atoms with Crippen molar-refractivity contribution in [3.8, 4) is 22.7 Å². The van der Waals surface area contributed by atoms with Crippen LogP contribution in [0.4, 0.5) is 4.39 Å². The van der Waals surface area contributed by atoms with Gasteiger partial charge in [0.1, 0.15) is 17.6 Å². The molecule has 0 saturated carbocycles. The zero-order chi connectivity index (χ0) is 24.1. The molecule has 1 unspecified atom stereocenters. The molecule has 34 heavy (non-hydrogen) atoms. The molecular formula is C24H22FN5O4. The summed E-state index contributed by atoms with van der Waals surface area (Å²) < 4.78 is 25.4. The maximum Gasteiger partial charge on any atom is 0.328 e. The normalized spacial score (nSPS) is 11.7. The highest BCUT2D eigenvalue weighted by Gasteiger charge is 2.25. The monoisotopic (exact) mass is 463 g/mol. The molecule has 2 aromatic heterocycles. The van der Waals surface area contributed by atoms with E-state index in [1.54, 1.807) is 25.1 Å². The third-order valence-electron chi connectivity index (χ3n) is 5.18. The Balaban J connectivity index is 1.52. The molecule has 0 radical (unpaired) electrons. The molecule has 2 aromatic carbocycles. The van der Waals surface area contributed by atoms with Crippen LogP contribution in [0.25, 0.3) is 22.7 Å². The number of amides is 1. The predicted molar refractivity (Wildman–Crippen MR) is 120 cm³/mol. The van der Waals surface area contributed by atoms with Crippen molar-refractivity contribution in [2.24, 2.45) is 0 Å². The van der Waals surface area contributed by atoms with Crippen LogP contribution in [-0.2, 0) is 16.0 Å². The van der Waals surface area contributed by atoms with E-state index in [-0.39, 0.29) is 30.2 Å². The Morgan fingerprint density at radius 3 is 2.68 bits per heavy atom. The largest absolute Gasteiger partial charge is 0.464 e. The van der Waals surface area contributed by atoms with Crippen LogP contribution in [0.15, 0.2) is 59.0 Å². The first-order chi connectivity index (χ1) is 16.5. The summed E-state index contributed by atoms with van der Waals surface area (Å²) >= 11 is 0. The van der Waals surface area contributed by atoms with Gasteiger partial charge in [0, 0.05) is 12.0 Å². The number of aromatic amines is 1. The number of furan rings is 1. The molecule has 0 bridgehead atoms. The number of carbonyl (C=O) groups is 2. The second-order valence-electron chi connectivity index (χ2n) is 7.51. The lowest BCUT2D eigenvalue weighted by molar-refractivity contribution is -0.145. The summed E-state index contributed by atoms with van der Waals surface area (Å²) in [4.78, 5) is 25.4. The third kappa shape index (κ3) is 5.01. The summed E-state index contributed by atoms with van der Waals surface area (Å²) in [5.41, 5.74) is 2.50. The number of esters is 1. The Bertz CT molecular complexity index is 1300. The Labute approximate surface area is 194 Å². The van der Waals surface area contributed by atoms with Crippen molar-refractivity contribution in [3.05, 3.63) is 77.3 Å². The molecule has 0 aliphatic heterocycles. The number of H-pyrrole nitrogens is 1. The van der Waals surface area contributed by atoms with E-state index in [9.17, 15) is 14.0 Å². The van der Waals surface area contributed by atoms with Gasteiger partial charge in [-0.1, -0.05) is 30.3 Å². The van der Waals surface area contributed by atoms with Crippen LogP contribution < -0.4 is 5.32 Å². The highest BCUT2D eigenvalue weighted by molar-refractivity contribution is 5.95. The van der Waals surface area contributed by atoms with Crippen LogP contribution in [0.3, 0.4) is 0 Å². The fourth-order valence-corrected chi connectivity index (χ4v) is 3.50. The lowest BCUT2D eigenvalue weighted by atomic mass is 10.0. The number of tetrazole rings is 1. The zero-order valence-electron chi connectivity index (χ0n) is 18.5. The smallest absolute Gasteiger partial charge is 0.328 e. The summed E-state index contributed by atoms with van der Waals surface area (Å²) in [7, 11) is 0. The number of carbonyl (C=O) groups excluding carboxylic acids is 2. The van der Waals surface area contributed by atoms with E-state index in [4.69, 9.17) is 9.15 Å². The van der Waals surface area contributed by atoms with Gasteiger partial charge in [0.25, 0.3) is 5.91 Å². The van der Waals surface area contributed by atoms with Gasteiger partial charge in [-0.25, -0.2) is 9.18 Å². The highest BCUT2D eigenvalue weighted by Crippen LogP contribution is 2.25. The van der Waals surface area contributed by atoms with Gasteiger partial charge in [-0.2, -0.15) is 5.21 Å². The molecule has 174 valence electrons. The van der Waals surface area contributed by atoms with Crippen LogP contribution in [0.5, 0.6) is 0 Å². The summed E-state index contributed by atoms with van der Waals surface area (Å²) in [6.45, 7) is 3.74. The average Bonchev–Trinajstić information content (AvgIpc) is 3.52. The fraction of sp³-hybridized carbons (Fsp3) is 0.208. The maximum atomic E-state index is 14.6. The van der Waals surface area contributed by atoms with Crippen molar-refractivity contribution < 1.29 is 23.1 Å². The van der Waals surface area contributed by atoms with E-state index in [0.717, 1.165) is 11.1 Å². The standard InChI is InChI=1S/C24H22FN5O4/c1-3-33-24(32)19(13-15-8-9-17(18(25)12-15)22-27-29-30-28-22)26-23(31)21-11-10-20(34-21)16-7-5-4-6-14(16)2/h4-12,19H,3,13H2,1-2H3,(H,26,31)(H,27,28,29,30). The molecule has 9 nitrogen and oxygen atoms in total. The van der Waals surface area contributed by atoms with Gasteiger partial charge in [-0.05, 0) is 54.5 Å². The number of aromatic nitrogens is 4. The Hall–Kier alpha value is -4.34. The molecule has 1 amide bonds. The minimum atomic E-state index is -1.05. The molecular weight excluding hydrogens is 441 g/mol. The van der Waals surface area contributed by atoms with Gasteiger partial charge < -0.3 is 14.5 Å². The van der Waals surface area contributed by atoms with Crippen molar-refractivity contribution in [1.82, 2.24) is 25.9 Å². The Morgan fingerprint density at radius 2 is 1.97 bits per heavy atom. The van der Waals surface area contributed by atoms with Crippen molar-refractivity contribution in [2.45, 2.75) is 26.3 Å². The lowest BCUT2D eigenvalue weighted by Crippen LogP contribution is -2.43. The summed E-state index contributed by atoms with van der Waals surface area (Å²) in [6.07, 6.45) is 0.0133. The lowest BCUT2D eigenvalue weighted by Gasteiger charge is -2.17. The minimum Gasteiger partial charge on any atom is -0.464 e. The maximum absolute atomic E-state index is 14.6. The first-order valence-corrected chi connectivity index (χ1v) is 10.6. The third-order valence-corrected chi connectivity index (χ3v) is 5.18. The van der Waals surface area contributed by atoms with Crippen LogP contribution >= 0.6 is 0 Å². The molecule has 0 saturated heterocycles. The molecule has 0 aliphatic rings. The molecule has 2 heterocycles. The van der Waals surface area contributed by atoms with E-state index in [0.29, 0.717) is 11.3 Å². The van der Waals surface area contributed by atoms with Gasteiger partial charge in [0.2, 0.25) is 5.82 Å². The SMILES string of the molecule is CCOC(=O)C(Cc1ccc(-c2nn[nH]n2)c(F)c1)NC(=O)c1ccc(-c2ccccc2C)o1. The Kier molecular flexibility index (Phi) is 6.77. The molecule has 2 N–H and O–H groups in total. The average molecular weight is 463 g/mol. The molecule has 4 aromatic rings. The Morgan fingerprint density at radius 1 is 1.15 bits per heavy atom. The van der Waals surface area contributed by atoms with E-state index >= 15 is 0 Å². The number of hydrogen-bond donors (Lipinski definition) is 2. The predicted octanol–water partition coefficient (Wildman–Crippen LogP) is 3.48. The van der Waals surface area contributed by atoms with E-state index in [1.165, 1.54) is 12.1 Å². The van der Waals surface area contributed by atoms with Gasteiger partial charge in [0.15, 0.2) is 5.76 Å². The highest BCUT2D eigenvalue weighted by atomic mass is 19.1. The van der Waals surface area contributed by atoms with Crippen molar-refractivity contribution in [3.63, 3.8) is 0 Å². The van der Waals surface area contributed by atoms with Crippen LogP contribution in [0.1, 0.15) is 28.6 Å². The quantitative estimate of drug-likeness (QED) is 0.384. The summed E-state index contributed by atoms with van der Waals surface area (Å²) in [5, 5.41) is 15.9. The second-order valence-corrected chi connectivity index (χ2v) is 7.51. The number of nitrogens with one attached hydrogen (secondary N) is 2. The molecule has 0 spiro atoms. The van der Waals surface area contributed by atoms with Crippen molar-refractivity contribution >= 4 is 11.9 Å². The number of ether oxygens (including phenoxy) is 1. The molecule has 0 aliphatic carbocycles. The van der Waals surface area contributed by atoms with E-state index in [1.807, 2.05) is 31.2 Å². The number of nitrogens with zero attached hydrogens (tertiary/aromatic N) is 3. The number of rotatable bonds is 8. The van der Waals surface area contributed by atoms with Gasteiger partial charge >= 0.3 is 5.97 Å². The number of hydrogen-bond acceptors (Lipinski definition) is 7. The van der Waals surface area contributed by atoms with Crippen LogP contribution in [-0.4, -0.2) is 45.1 Å². The fourth-order valence-electron chi connectivity index (χ4n) is 3.50. The van der Waals surface area contributed by atoms with E-state index < -0.39 is 23.7 Å². The topological polar surface area (TPSA) is 123 Å². The number of benzene rings is 2.